The van der Waals surface area contributed by atoms with E-state index in [0.717, 1.165) is 39.1 Å². The number of ether oxygens (including phenoxy) is 2. The van der Waals surface area contributed by atoms with Crippen molar-refractivity contribution in [2.45, 2.75) is 77.3 Å². The third kappa shape index (κ3) is 3.98. The average molecular weight is 299 g/mol. The molecule has 0 aromatic carbocycles. The molecule has 2 fully saturated rings. The van der Waals surface area contributed by atoms with Crippen LogP contribution in [0, 0.1) is 5.92 Å². The Morgan fingerprint density at radius 3 is 2.52 bits per heavy atom. The van der Waals surface area contributed by atoms with E-state index in [9.17, 15) is 5.11 Å². The standard InChI is InChI=1S/C17H33NO3/c1-6-10-20-13-8-7-9-18(11-13)12-14-15(19)17(4,5)21-16(14,2)3/h13-15,19H,6-12H2,1-5H3. The monoisotopic (exact) mass is 299 g/mol. The lowest BCUT2D eigenvalue weighted by atomic mass is 9.84. The summed E-state index contributed by atoms with van der Waals surface area (Å²) in [6.45, 7) is 14.2. The highest BCUT2D eigenvalue weighted by Gasteiger charge is 2.53. The summed E-state index contributed by atoms with van der Waals surface area (Å²) in [6, 6.07) is 0. The number of likely N-dealkylation sites (tertiary alicyclic amines) is 1. The molecule has 3 unspecified atom stereocenters. The zero-order chi connectivity index (χ0) is 15.7. The van der Waals surface area contributed by atoms with E-state index in [1.54, 1.807) is 0 Å². The molecule has 0 spiro atoms. The number of hydrogen-bond acceptors (Lipinski definition) is 4. The molecule has 2 saturated heterocycles. The summed E-state index contributed by atoms with van der Waals surface area (Å²) < 4.78 is 12.0. The van der Waals surface area contributed by atoms with Gasteiger partial charge in [-0.3, -0.25) is 0 Å². The number of nitrogens with zero attached hydrogens (tertiary/aromatic N) is 1. The molecule has 124 valence electrons. The second-order valence-electron chi connectivity index (χ2n) is 7.75. The average Bonchev–Trinajstić information content (AvgIpc) is 2.55. The Morgan fingerprint density at radius 2 is 1.95 bits per heavy atom. The van der Waals surface area contributed by atoms with Gasteiger partial charge in [-0.1, -0.05) is 6.92 Å². The van der Waals surface area contributed by atoms with Gasteiger partial charge in [0.25, 0.3) is 0 Å². The minimum atomic E-state index is -0.456. The summed E-state index contributed by atoms with van der Waals surface area (Å²) in [6.07, 6.45) is 3.36. The van der Waals surface area contributed by atoms with Gasteiger partial charge in [0.05, 0.1) is 23.4 Å². The number of aliphatic hydroxyl groups is 1. The van der Waals surface area contributed by atoms with Gasteiger partial charge >= 0.3 is 0 Å². The van der Waals surface area contributed by atoms with Crippen LogP contribution in [0.2, 0.25) is 0 Å². The van der Waals surface area contributed by atoms with Crippen molar-refractivity contribution in [3.05, 3.63) is 0 Å². The molecule has 2 aliphatic rings. The number of aliphatic hydroxyl groups excluding tert-OH is 1. The summed E-state index contributed by atoms with van der Waals surface area (Å²) in [4.78, 5) is 2.45. The van der Waals surface area contributed by atoms with Crippen LogP contribution in [-0.2, 0) is 9.47 Å². The van der Waals surface area contributed by atoms with Crippen LogP contribution in [0.25, 0.3) is 0 Å². The van der Waals surface area contributed by atoms with E-state index in [-0.39, 0.29) is 11.5 Å². The van der Waals surface area contributed by atoms with E-state index in [4.69, 9.17) is 9.47 Å². The first-order valence-electron chi connectivity index (χ1n) is 8.48. The number of hydrogen-bond donors (Lipinski definition) is 1. The first-order valence-corrected chi connectivity index (χ1v) is 8.48. The highest BCUT2D eigenvalue weighted by atomic mass is 16.5. The minimum absolute atomic E-state index is 0.150. The first-order chi connectivity index (χ1) is 9.76. The van der Waals surface area contributed by atoms with Gasteiger partial charge in [0.1, 0.15) is 0 Å². The lowest BCUT2D eigenvalue weighted by Gasteiger charge is -2.37. The van der Waals surface area contributed by atoms with Crippen molar-refractivity contribution in [3.63, 3.8) is 0 Å². The first kappa shape index (κ1) is 17.2. The molecule has 4 nitrogen and oxygen atoms in total. The molecule has 0 aromatic heterocycles. The van der Waals surface area contributed by atoms with Gasteiger partial charge in [0.2, 0.25) is 0 Å². The minimum Gasteiger partial charge on any atom is -0.390 e. The van der Waals surface area contributed by atoms with Gasteiger partial charge in [-0.2, -0.15) is 0 Å². The Labute approximate surface area is 129 Å². The van der Waals surface area contributed by atoms with Gasteiger partial charge in [0.15, 0.2) is 0 Å². The highest BCUT2D eigenvalue weighted by Crippen LogP contribution is 2.42. The van der Waals surface area contributed by atoms with Gasteiger partial charge in [0, 0.05) is 25.6 Å². The summed E-state index contributed by atoms with van der Waals surface area (Å²) in [5.74, 6) is 0.150. The van der Waals surface area contributed by atoms with Crippen molar-refractivity contribution in [3.8, 4) is 0 Å². The molecule has 0 radical (unpaired) electrons. The maximum Gasteiger partial charge on any atom is 0.0896 e. The van der Waals surface area contributed by atoms with Gasteiger partial charge < -0.3 is 19.5 Å². The summed E-state index contributed by atoms with van der Waals surface area (Å²) in [7, 11) is 0. The predicted octanol–water partition coefficient (Wildman–Crippen LogP) is 2.44. The zero-order valence-electron chi connectivity index (χ0n) is 14.4. The second kappa shape index (κ2) is 6.53. The molecule has 0 saturated carbocycles. The van der Waals surface area contributed by atoms with E-state index < -0.39 is 11.7 Å². The number of piperidine rings is 1. The fourth-order valence-electron chi connectivity index (χ4n) is 3.88. The molecule has 3 atom stereocenters. The quantitative estimate of drug-likeness (QED) is 0.846. The maximum absolute atomic E-state index is 10.6. The Balaban J connectivity index is 1.94. The second-order valence-corrected chi connectivity index (χ2v) is 7.75. The molecule has 2 rings (SSSR count). The third-order valence-electron chi connectivity index (χ3n) is 4.99. The fraction of sp³-hybridized carbons (Fsp3) is 1.00. The molecule has 0 aliphatic carbocycles. The fourth-order valence-corrected chi connectivity index (χ4v) is 3.88. The molecule has 4 heteroatoms. The molecular weight excluding hydrogens is 266 g/mol. The van der Waals surface area contributed by atoms with Crippen molar-refractivity contribution < 1.29 is 14.6 Å². The van der Waals surface area contributed by atoms with Crippen LogP contribution in [0.3, 0.4) is 0 Å². The van der Waals surface area contributed by atoms with E-state index in [1.807, 2.05) is 13.8 Å². The van der Waals surface area contributed by atoms with Crippen LogP contribution in [0.15, 0.2) is 0 Å². The Bertz CT molecular complexity index is 343. The molecule has 1 N–H and O–H groups in total. The van der Waals surface area contributed by atoms with Crippen LogP contribution in [0.1, 0.15) is 53.9 Å². The van der Waals surface area contributed by atoms with Crippen molar-refractivity contribution >= 4 is 0 Å². The Kier molecular flexibility index (Phi) is 5.35. The molecule has 0 aromatic rings. The normalized spacial score (nSPS) is 36.0. The largest absolute Gasteiger partial charge is 0.390 e. The van der Waals surface area contributed by atoms with E-state index in [1.165, 1.54) is 6.42 Å². The van der Waals surface area contributed by atoms with Gasteiger partial charge in [-0.05, 0) is 53.5 Å². The van der Waals surface area contributed by atoms with Crippen molar-refractivity contribution in [2.24, 2.45) is 5.92 Å². The van der Waals surface area contributed by atoms with Crippen molar-refractivity contribution in [1.29, 1.82) is 0 Å². The Morgan fingerprint density at radius 1 is 1.24 bits per heavy atom. The molecule has 2 aliphatic heterocycles. The van der Waals surface area contributed by atoms with Crippen molar-refractivity contribution in [2.75, 3.05) is 26.2 Å². The third-order valence-corrected chi connectivity index (χ3v) is 4.99. The Hall–Kier alpha value is -0.160. The van der Waals surface area contributed by atoms with Crippen LogP contribution in [-0.4, -0.2) is 59.7 Å². The van der Waals surface area contributed by atoms with Crippen LogP contribution in [0.4, 0.5) is 0 Å². The molecule has 2 heterocycles. The SMILES string of the molecule is CCCOC1CCCN(CC2C(O)C(C)(C)OC2(C)C)C1. The van der Waals surface area contributed by atoms with Crippen LogP contribution in [0.5, 0.6) is 0 Å². The van der Waals surface area contributed by atoms with Gasteiger partial charge in [-0.15, -0.1) is 0 Å². The van der Waals surface area contributed by atoms with Crippen LogP contribution < -0.4 is 0 Å². The van der Waals surface area contributed by atoms with Gasteiger partial charge in [-0.25, -0.2) is 0 Å². The van der Waals surface area contributed by atoms with E-state index in [0.29, 0.717) is 6.10 Å². The maximum atomic E-state index is 10.6. The summed E-state index contributed by atoms with van der Waals surface area (Å²) in [5.41, 5.74) is -0.734. The smallest absolute Gasteiger partial charge is 0.0896 e. The summed E-state index contributed by atoms with van der Waals surface area (Å²) in [5, 5.41) is 10.6. The van der Waals surface area contributed by atoms with E-state index >= 15 is 0 Å². The summed E-state index contributed by atoms with van der Waals surface area (Å²) >= 11 is 0. The molecule has 21 heavy (non-hydrogen) atoms. The molecule has 0 bridgehead atoms. The highest BCUT2D eigenvalue weighted by molar-refractivity contribution is 5.02. The van der Waals surface area contributed by atoms with Crippen molar-refractivity contribution in [1.82, 2.24) is 4.90 Å². The molecular formula is C17H33NO3. The molecule has 0 amide bonds. The van der Waals surface area contributed by atoms with E-state index in [2.05, 4.69) is 25.7 Å². The number of rotatable bonds is 5. The topological polar surface area (TPSA) is 41.9 Å². The lowest BCUT2D eigenvalue weighted by molar-refractivity contribution is -0.0919. The zero-order valence-corrected chi connectivity index (χ0v) is 14.4. The predicted molar refractivity (Wildman–Crippen MR) is 84.4 cm³/mol. The van der Waals surface area contributed by atoms with Crippen LogP contribution >= 0.6 is 0 Å². The lowest BCUT2D eigenvalue weighted by Crippen LogP contribution is -2.48.